The molecule has 0 bridgehead atoms. The lowest BCUT2D eigenvalue weighted by Gasteiger charge is -2.37. The van der Waals surface area contributed by atoms with Gasteiger partial charge in [0.1, 0.15) is 11.4 Å². The Bertz CT molecular complexity index is 1040. The highest BCUT2D eigenvalue weighted by Crippen LogP contribution is 2.44. The maximum atomic E-state index is 6.66. The van der Waals surface area contributed by atoms with Crippen LogP contribution in [-0.2, 0) is 25.1 Å². The number of rotatable bonds is 1. The lowest BCUT2D eigenvalue weighted by Crippen LogP contribution is -2.38. The molecule has 0 saturated heterocycles. The van der Waals surface area contributed by atoms with Gasteiger partial charge in [0.15, 0.2) is 0 Å². The second-order valence-corrected chi connectivity index (χ2v) is 8.18. The fourth-order valence-electron chi connectivity index (χ4n) is 4.67. The second kappa shape index (κ2) is 5.34. The van der Waals surface area contributed by atoms with E-state index >= 15 is 0 Å². The highest BCUT2D eigenvalue weighted by atomic mass is 16.5. The fraction of sp³-hybridized carbons (Fsp3) is 0.409. The Hall–Kier alpha value is -2.33. The van der Waals surface area contributed by atoms with Crippen molar-refractivity contribution < 1.29 is 4.74 Å². The number of hydrogen-bond donors (Lipinski definition) is 0. The van der Waals surface area contributed by atoms with E-state index in [1.165, 1.54) is 33.3 Å². The summed E-state index contributed by atoms with van der Waals surface area (Å²) in [5.74, 6) is 1.01. The summed E-state index contributed by atoms with van der Waals surface area (Å²) in [5.41, 5.74) is 7.36. The Morgan fingerprint density at radius 2 is 2.04 bits per heavy atom. The summed E-state index contributed by atoms with van der Waals surface area (Å²) in [5, 5.41) is 1.37. The molecule has 1 unspecified atom stereocenters. The van der Waals surface area contributed by atoms with Gasteiger partial charge in [0.2, 0.25) is 0 Å². The molecule has 2 aliphatic heterocycles. The van der Waals surface area contributed by atoms with Crippen LogP contribution in [0.25, 0.3) is 10.9 Å². The molecule has 3 aromatic rings. The van der Waals surface area contributed by atoms with Gasteiger partial charge in [0.25, 0.3) is 0 Å². The summed E-state index contributed by atoms with van der Waals surface area (Å²) in [7, 11) is 2.21. The van der Waals surface area contributed by atoms with Crippen LogP contribution in [-0.4, -0.2) is 28.0 Å². The summed E-state index contributed by atoms with van der Waals surface area (Å²) in [6.07, 6.45) is 2.99. The maximum Gasteiger partial charge on any atom is 0.149 e. The van der Waals surface area contributed by atoms with E-state index in [1.54, 1.807) is 0 Å². The summed E-state index contributed by atoms with van der Waals surface area (Å²) < 4.78 is 9.19. The monoisotopic (exact) mass is 347 g/mol. The molecule has 0 N–H and O–H groups in total. The largest absolute Gasteiger partial charge is 0.479 e. The Morgan fingerprint density at radius 3 is 2.85 bits per heavy atom. The summed E-state index contributed by atoms with van der Waals surface area (Å²) in [6, 6.07) is 8.77. The number of hydrogen-bond acceptors (Lipinski definition) is 3. The zero-order valence-electron chi connectivity index (χ0n) is 16.0. The number of likely N-dealkylation sites (N-methyl/N-ethyl adjacent to an activating group) is 1. The average molecular weight is 347 g/mol. The van der Waals surface area contributed by atoms with E-state index < -0.39 is 0 Å². The molecule has 1 atom stereocenters. The molecule has 0 aliphatic carbocycles. The van der Waals surface area contributed by atoms with Crippen LogP contribution in [0.3, 0.4) is 0 Å². The molecule has 134 valence electrons. The van der Waals surface area contributed by atoms with Crippen LogP contribution in [0.5, 0.6) is 5.75 Å². The Labute approximate surface area is 154 Å². The van der Waals surface area contributed by atoms with Crippen molar-refractivity contribution in [3.63, 3.8) is 0 Å². The molecule has 2 aromatic heterocycles. The average Bonchev–Trinajstić information content (AvgIpc) is 2.88. The number of pyridine rings is 1. The zero-order valence-corrected chi connectivity index (χ0v) is 16.0. The molecular weight excluding hydrogens is 322 g/mol. The van der Waals surface area contributed by atoms with Crippen LogP contribution in [0.2, 0.25) is 0 Å². The van der Waals surface area contributed by atoms with Gasteiger partial charge in [-0.25, -0.2) is 0 Å². The number of ether oxygens (including phenoxy) is 1. The Balaban J connectivity index is 1.74. The highest BCUT2D eigenvalue weighted by molar-refractivity contribution is 5.92. The van der Waals surface area contributed by atoms with Gasteiger partial charge in [-0.2, -0.15) is 0 Å². The maximum absolute atomic E-state index is 6.66. The van der Waals surface area contributed by atoms with Crippen molar-refractivity contribution in [2.45, 2.75) is 45.9 Å². The topological polar surface area (TPSA) is 30.3 Å². The molecule has 26 heavy (non-hydrogen) atoms. The minimum Gasteiger partial charge on any atom is -0.479 e. The predicted molar refractivity (Wildman–Crippen MR) is 104 cm³/mol. The Morgan fingerprint density at radius 1 is 1.19 bits per heavy atom. The first kappa shape index (κ1) is 15.9. The number of aryl methyl sites for hydroxylation is 2. The van der Waals surface area contributed by atoms with E-state index in [1.807, 2.05) is 13.1 Å². The van der Waals surface area contributed by atoms with Crippen molar-refractivity contribution in [3.05, 3.63) is 58.5 Å². The molecule has 4 heterocycles. The van der Waals surface area contributed by atoms with Gasteiger partial charge in [-0.05, 0) is 63.2 Å². The van der Waals surface area contributed by atoms with Crippen LogP contribution < -0.4 is 4.74 Å². The van der Waals surface area contributed by atoms with Crippen molar-refractivity contribution in [3.8, 4) is 5.75 Å². The summed E-state index contributed by atoms with van der Waals surface area (Å²) in [4.78, 5) is 6.78. The molecule has 5 rings (SSSR count). The number of benzene rings is 1. The van der Waals surface area contributed by atoms with E-state index in [0.717, 1.165) is 37.5 Å². The molecule has 0 radical (unpaired) electrons. The molecular formula is C22H25N3O. The SMILES string of the molecule is Cc1cc2c3c(c1)c1c(n3CC(C)(c3ccnc(C)c3)O2)CCN(C)C1. The number of nitrogens with zero attached hydrogens (tertiary/aromatic N) is 3. The molecule has 4 nitrogen and oxygen atoms in total. The minimum atomic E-state index is -0.377. The molecule has 2 aliphatic rings. The third kappa shape index (κ3) is 2.21. The first-order chi connectivity index (χ1) is 12.4. The van der Waals surface area contributed by atoms with Crippen molar-refractivity contribution in [2.24, 2.45) is 0 Å². The molecule has 4 heteroatoms. The molecule has 0 fully saturated rings. The highest BCUT2D eigenvalue weighted by Gasteiger charge is 2.38. The van der Waals surface area contributed by atoms with E-state index in [2.05, 4.69) is 59.6 Å². The van der Waals surface area contributed by atoms with Crippen molar-refractivity contribution >= 4 is 10.9 Å². The number of aromatic nitrogens is 2. The van der Waals surface area contributed by atoms with Gasteiger partial charge in [0, 0.05) is 48.0 Å². The lowest BCUT2D eigenvalue weighted by molar-refractivity contribution is 0.0578. The first-order valence-corrected chi connectivity index (χ1v) is 9.40. The lowest BCUT2D eigenvalue weighted by atomic mass is 9.94. The van der Waals surface area contributed by atoms with E-state index in [9.17, 15) is 0 Å². The van der Waals surface area contributed by atoms with Gasteiger partial charge < -0.3 is 14.2 Å². The minimum absolute atomic E-state index is 0.377. The van der Waals surface area contributed by atoms with Crippen molar-refractivity contribution in [2.75, 3.05) is 13.6 Å². The number of fused-ring (bicyclic) bond motifs is 3. The van der Waals surface area contributed by atoms with E-state index in [0.29, 0.717) is 0 Å². The predicted octanol–water partition coefficient (Wildman–Crippen LogP) is 3.95. The smallest absolute Gasteiger partial charge is 0.149 e. The molecule has 1 aromatic carbocycles. The molecule has 0 saturated carbocycles. The van der Waals surface area contributed by atoms with Crippen molar-refractivity contribution in [1.82, 2.24) is 14.5 Å². The summed E-state index contributed by atoms with van der Waals surface area (Å²) >= 11 is 0. The van der Waals surface area contributed by atoms with Crippen LogP contribution in [0.4, 0.5) is 0 Å². The van der Waals surface area contributed by atoms with Gasteiger partial charge in [-0.3, -0.25) is 4.98 Å². The van der Waals surface area contributed by atoms with E-state index in [-0.39, 0.29) is 5.60 Å². The van der Waals surface area contributed by atoms with Crippen LogP contribution in [0, 0.1) is 13.8 Å². The van der Waals surface area contributed by atoms with Crippen LogP contribution >= 0.6 is 0 Å². The summed E-state index contributed by atoms with van der Waals surface area (Å²) in [6.45, 7) is 9.40. The first-order valence-electron chi connectivity index (χ1n) is 9.40. The normalized spacial score (nSPS) is 22.3. The van der Waals surface area contributed by atoms with Gasteiger partial charge in [-0.1, -0.05) is 0 Å². The standard InChI is InChI=1S/C22H25N3O/c1-14-9-17-18-12-24(4)8-6-19(18)25-13-22(3,26-20(10-14)21(17)25)16-5-7-23-15(2)11-16/h5,7,9-11H,6,8,12-13H2,1-4H3. The van der Waals surface area contributed by atoms with Crippen LogP contribution in [0.1, 0.15) is 35.0 Å². The van der Waals surface area contributed by atoms with Crippen molar-refractivity contribution in [1.29, 1.82) is 0 Å². The quantitative estimate of drug-likeness (QED) is 0.668. The van der Waals surface area contributed by atoms with Gasteiger partial charge in [-0.15, -0.1) is 0 Å². The second-order valence-electron chi connectivity index (χ2n) is 8.18. The third-order valence-corrected chi connectivity index (χ3v) is 5.95. The van der Waals surface area contributed by atoms with Crippen LogP contribution in [0.15, 0.2) is 30.5 Å². The molecule has 0 amide bonds. The van der Waals surface area contributed by atoms with E-state index in [4.69, 9.17) is 4.74 Å². The zero-order chi connectivity index (χ0) is 18.1. The Kier molecular flexibility index (Phi) is 3.26. The molecule has 0 spiro atoms. The fourth-order valence-corrected chi connectivity index (χ4v) is 4.67. The third-order valence-electron chi connectivity index (χ3n) is 5.95. The van der Waals surface area contributed by atoms with Gasteiger partial charge >= 0.3 is 0 Å². The van der Waals surface area contributed by atoms with Gasteiger partial charge in [0.05, 0.1) is 12.1 Å².